The number of rotatable bonds is 4. The van der Waals surface area contributed by atoms with Crippen molar-refractivity contribution >= 4 is 17.5 Å². The molecule has 2 amide bonds. The van der Waals surface area contributed by atoms with Gasteiger partial charge >= 0.3 is 0 Å². The highest BCUT2D eigenvalue weighted by Gasteiger charge is 2.59. The number of anilines is 1. The lowest BCUT2D eigenvalue weighted by atomic mass is 9.97. The van der Waals surface area contributed by atoms with Gasteiger partial charge < -0.3 is 9.80 Å². The van der Waals surface area contributed by atoms with Crippen LogP contribution in [-0.4, -0.2) is 30.3 Å². The molecule has 134 valence electrons. The van der Waals surface area contributed by atoms with Crippen LogP contribution in [0, 0.1) is 5.41 Å². The van der Waals surface area contributed by atoms with E-state index in [1.54, 1.807) is 11.9 Å². The van der Waals surface area contributed by atoms with Crippen LogP contribution in [-0.2, 0) is 22.6 Å². The van der Waals surface area contributed by atoms with Gasteiger partial charge in [-0.2, -0.15) is 0 Å². The highest BCUT2D eigenvalue weighted by atomic mass is 16.2. The van der Waals surface area contributed by atoms with Crippen molar-refractivity contribution < 1.29 is 9.59 Å². The summed E-state index contributed by atoms with van der Waals surface area (Å²) in [5, 5.41) is 0. The Morgan fingerprint density at radius 1 is 1.04 bits per heavy atom. The Hall–Kier alpha value is -2.62. The fourth-order valence-corrected chi connectivity index (χ4v) is 3.94. The second-order valence-electron chi connectivity index (χ2n) is 7.42. The van der Waals surface area contributed by atoms with E-state index in [9.17, 15) is 9.59 Å². The van der Waals surface area contributed by atoms with Gasteiger partial charge in [0.1, 0.15) is 5.41 Å². The van der Waals surface area contributed by atoms with Crippen molar-refractivity contribution in [2.45, 2.75) is 32.2 Å². The average molecular weight is 348 g/mol. The van der Waals surface area contributed by atoms with E-state index >= 15 is 0 Å². The molecule has 2 aromatic rings. The van der Waals surface area contributed by atoms with Gasteiger partial charge in [-0.05, 0) is 42.9 Å². The Morgan fingerprint density at radius 2 is 1.73 bits per heavy atom. The number of carbonyl (C=O) groups excluding carboxylic acids is 2. The smallest absolute Gasteiger partial charge is 0.242 e. The molecule has 1 aliphatic carbocycles. The van der Waals surface area contributed by atoms with E-state index in [-0.39, 0.29) is 11.8 Å². The number of hydrogen-bond donors (Lipinski definition) is 0. The number of nitrogens with zero attached hydrogens (tertiary/aromatic N) is 2. The van der Waals surface area contributed by atoms with Gasteiger partial charge in [0.05, 0.1) is 0 Å². The molecule has 26 heavy (non-hydrogen) atoms. The molecule has 0 saturated heterocycles. The van der Waals surface area contributed by atoms with Crippen LogP contribution in [0.3, 0.4) is 0 Å². The summed E-state index contributed by atoms with van der Waals surface area (Å²) in [4.78, 5) is 30.0. The molecule has 0 atom stereocenters. The minimum absolute atomic E-state index is 0.0189. The van der Waals surface area contributed by atoms with Crippen molar-refractivity contribution in [2.75, 3.05) is 18.5 Å². The SMILES string of the molecule is CN(Cc1ccccc1)C(=O)C1(C(=O)N2CCCc3ccccc32)CC1. The molecule has 0 radical (unpaired) electrons. The van der Waals surface area contributed by atoms with Crippen molar-refractivity contribution in [1.29, 1.82) is 0 Å². The van der Waals surface area contributed by atoms with Crippen molar-refractivity contribution in [3.63, 3.8) is 0 Å². The summed E-state index contributed by atoms with van der Waals surface area (Å²) >= 11 is 0. The third-order valence-corrected chi connectivity index (χ3v) is 5.53. The molecule has 2 aromatic carbocycles. The highest BCUT2D eigenvalue weighted by molar-refractivity contribution is 6.14. The molecule has 0 N–H and O–H groups in total. The zero-order valence-corrected chi connectivity index (χ0v) is 15.1. The van der Waals surface area contributed by atoms with Gasteiger partial charge in [0.2, 0.25) is 11.8 Å². The predicted molar refractivity (Wildman–Crippen MR) is 102 cm³/mol. The Morgan fingerprint density at radius 3 is 2.46 bits per heavy atom. The number of amides is 2. The minimum atomic E-state index is -0.853. The number of para-hydroxylation sites is 1. The van der Waals surface area contributed by atoms with E-state index in [0.717, 1.165) is 24.1 Å². The Labute approximate surface area is 154 Å². The third-order valence-electron chi connectivity index (χ3n) is 5.53. The van der Waals surface area contributed by atoms with E-state index in [0.29, 0.717) is 25.9 Å². The summed E-state index contributed by atoms with van der Waals surface area (Å²) in [6.45, 7) is 1.23. The summed E-state index contributed by atoms with van der Waals surface area (Å²) in [6.07, 6.45) is 3.26. The van der Waals surface area contributed by atoms with Crippen LogP contribution in [0.2, 0.25) is 0 Å². The molecule has 0 bridgehead atoms. The van der Waals surface area contributed by atoms with E-state index in [1.165, 1.54) is 5.56 Å². The first kappa shape index (κ1) is 16.8. The molecule has 4 nitrogen and oxygen atoms in total. The average Bonchev–Trinajstić information content (AvgIpc) is 3.49. The highest BCUT2D eigenvalue weighted by Crippen LogP contribution is 2.50. The quantitative estimate of drug-likeness (QED) is 0.795. The standard InChI is InChI=1S/C22H24N2O2/c1-23(16-17-8-3-2-4-9-17)20(25)22(13-14-22)21(26)24-15-7-11-18-10-5-6-12-19(18)24/h2-6,8-10,12H,7,11,13-16H2,1H3. The van der Waals surface area contributed by atoms with E-state index in [4.69, 9.17) is 0 Å². The topological polar surface area (TPSA) is 40.6 Å². The summed E-state index contributed by atoms with van der Waals surface area (Å²) in [5.74, 6) is -0.0658. The third kappa shape index (κ3) is 2.90. The Bertz CT molecular complexity index is 827. The van der Waals surface area contributed by atoms with E-state index in [1.807, 2.05) is 53.4 Å². The van der Waals surface area contributed by atoms with Crippen LogP contribution in [0.25, 0.3) is 0 Å². The minimum Gasteiger partial charge on any atom is -0.340 e. The van der Waals surface area contributed by atoms with Crippen LogP contribution in [0.4, 0.5) is 5.69 Å². The van der Waals surface area contributed by atoms with Crippen molar-refractivity contribution in [2.24, 2.45) is 5.41 Å². The maximum absolute atomic E-state index is 13.3. The molecular formula is C22H24N2O2. The van der Waals surface area contributed by atoms with Gasteiger partial charge in [-0.1, -0.05) is 48.5 Å². The maximum atomic E-state index is 13.3. The van der Waals surface area contributed by atoms with Crippen LogP contribution >= 0.6 is 0 Å². The lowest BCUT2D eigenvalue weighted by molar-refractivity contribution is -0.142. The largest absolute Gasteiger partial charge is 0.340 e. The van der Waals surface area contributed by atoms with Gasteiger partial charge in [-0.3, -0.25) is 9.59 Å². The van der Waals surface area contributed by atoms with Crippen molar-refractivity contribution in [3.05, 3.63) is 65.7 Å². The van der Waals surface area contributed by atoms with E-state index < -0.39 is 5.41 Å². The Kier molecular flexibility index (Phi) is 4.27. The lowest BCUT2D eigenvalue weighted by Crippen LogP contribution is -2.47. The second kappa shape index (κ2) is 6.60. The number of hydrogen-bond acceptors (Lipinski definition) is 2. The molecule has 1 fully saturated rings. The fraction of sp³-hybridized carbons (Fsp3) is 0.364. The number of aryl methyl sites for hydroxylation is 1. The molecule has 0 spiro atoms. The molecule has 1 aliphatic heterocycles. The fourth-order valence-electron chi connectivity index (χ4n) is 3.94. The number of carbonyl (C=O) groups is 2. The monoisotopic (exact) mass is 348 g/mol. The van der Waals surface area contributed by atoms with Crippen LogP contribution in [0.5, 0.6) is 0 Å². The van der Waals surface area contributed by atoms with Crippen molar-refractivity contribution in [1.82, 2.24) is 4.90 Å². The molecular weight excluding hydrogens is 324 g/mol. The number of fused-ring (bicyclic) bond motifs is 1. The normalized spacial score (nSPS) is 17.3. The van der Waals surface area contributed by atoms with E-state index in [2.05, 4.69) is 6.07 Å². The van der Waals surface area contributed by atoms with Gasteiger partial charge in [0, 0.05) is 25.8 Å². The molecule has 0 aromatic heterocycles. The van der Waals surface area contributed by atoms with Crippen LogP contribution in [0.1, 0.15) is 30.4 Å². The first-order chi connectivity index (χ1) is 12.6. The molecule has 4 rings (SSSR count). The van der Waals surface area contributed by atoms with Crippen LogP contribution < -0.4 is 4.90 Å². The summed E-state index contributed by atoms with van der Waals surface area (Å²) in [6, 6.07) is 18.0. The molecule has 4 heteroatoms. The van der Waals surface area contributed by atoms with Gasteiger partial charge in [-0.25, -0.2) is 0 Å². The first-order valence-corrected chi connectivity index (χ1v) is 9.31. The predicted octanol–water partition coefficient (Wildman–Crippen LogP) is 3.40. The summed E-state index contributed by atoms with van der Waals surface area (Å²) in [7, 11) is 1.80. The summed E-state index contributed by atoms with van der Waals surface area (Å²) < 4.78 is 0. The summed E-state index contributed by atoms with van der Waals surface area (Å²) in [5.41, 5.74) is 2.41. The van der Waals surface area contributed by atoms with Gasteiger partial charge in [0.15, 0.2) is 0 Å². The maximum Gasteiger partial charge on any atom is 0.242 e. The van der Waals surface area contributed by atoms with Crippen LogP contribution in [0.15, 0.2) is 54.6 Å². The number of benzene rings is 2. The molecule has 1 heterocycles. The Balaban J connectivity index is 1.54. The zero-order valence-electron chi connectivity index (χ0n) is 15.1. The molecule has 0 unspecified atom stereocenters. The second-order valence-corrected chi connectivity index (χ2v) is 7.42. The zero-order chi connectivity index (χ0) is 18.1. The molecule has 2 aliphatic rings. The molecule has 1 saturated carbocycles. The lowest BCUT2D eigenvalue weighted by Gasteiger charge is -2.33. The first-order valence-electron chi connectivity index (χ1n) is 9.31. The van der Waals surface area contributed by atoms with Gasteiger partial charge in [0.25, 0.3) is 0 Å². The van der Waals surface area contributed by atoms with Gasteiger partial charge in [-0.15, -0.1) is 0 Å². The van der Waals surface area contributed by atoms with Crippen molar-refractivity contribution in [3.8, 4) is 0 Å².